The molecule has 20 heavy (non-hydrogen) atoms. The van der Waals surface area contributed by atoms with Crippen molar-refractivity contribution in [2.45, 2.75) is 31.8 Å². The predicted octanol–water partition coefficient (Wildman–Crippen LogP) is 2.31. The number of hydrogen-bond donors (Lipinski definition) is 2. The molecular weight excluding hydrogens is 296 g/mol. The lowest BCUT2D eigenvalue weighted by atomic mass is 10.2. The Balaban J connectivity index is 2.30. The zero-order valence-corrected chi connectivity index (χ0v) is 12.9. The summed E-state index contributed by atoms with van der Waals surface area (Å²) in [6, 6.07) is 6.21. The van der Waals surface area contributed by atoms with E-state index in [0.29, 0.717) is 10.7 Å². The second-order valence-electron chi connectivity index (χ2n) is 4.29. The lowest BCUT2D eigenvalue weighted by Gasteiger charge is -2.06. The first-order chi connectivity index (χ1) is 9.46. The van der Waals surface area contributed by atoms with Gasteiger partial charge < -0.3 is 5.11 Å². The lowest BCUT2D eigenvalue weighted by molar-refractivity contribution is 0.281. The number of aryl methyl sites for hydroxylation is 2. The van der Waals surface area contributed by atoms with Gasteiger partial charge >= 0.3 is 0 Å². The van der Waals surface area contributed by atoms with E-state index in [2.05, 4.69) is 9.71 Å². The zero-order valence-electron chi connectivity index (χ0n) is 11.3. The first-order valence-corrected chi connectivity index (χ1v) is 8.45. The van der Waals surface area contributed by atoms with Gasteiger partial charge in [-0.2, -0.15) is 0 Å². The van der Waals surface area contributed by atoms with E-state index in [9.17, 15) is 8.42 Å². The van der Waals surface area contributed by atoms with E-state index in [4.69, 9.17) is 5.11 Å². The molecule has 0 saturated heterocycles. The number of hydrogen-bond acceptors (Lipinski definition) is 5. The molecule has 1 aromatic carbocycles. The normalized spacial score (nSPS) is 11.6. The minimum absolute atomic E-state index is 0.120. The predicted molar refractivity (Wildman–Crippen MR) is 79.4 cm³/mol. The molecule has 0 aliphatic heterocycles. The number of thiazole rings is 1. The maximum absolute atomic E-state index is 12.3. The van der Waals surface area contributed by atoms with Gasteiger partial charge in [-0.05, 0) is 31.0 Å². The van der Waals surface area contributed by atoms with Gasteiger partial charge in [0.25, 0.3) is 10.0 Å². The Morgan fingerprint density at radius 1 is 1.40 bits per heavy atom. The van der Waals surface area contributed by atoms with Crippen LogP contribution in [0.2, 0.25) is 0 Å². The fourth-order valence-electron chi connectivity index (χ4n) is 1.78. The smallest absolute Gasteiger partial charge is 0.263 e. The fraction of sp³-hybridized carbons (Fsp3) is 0.308. The molecular formula is C13H16N2O3S2. The van der Waals surface area contributed by atoms with Gasteiger partial charge in [-0.15, -0.1) is 11.3 Å². The van der Waals surface area contributed by atoms with Crippen LogP contribution in [0, 0.1) is 6.92 Å². The summed E-state index contributed by atoms with van der Waals surface area (Å²) in [5.74, 6) is 0. The van der Waals surface area contributed by atoms with Crippen molar-refractivity contribution in [1.29, 1.82) is 0 Å². The van der Waals surface area contributed by atoms with Gasteiger partial charge in [-0.1, -0.05) is 19.1 Å². The third kappa shape index (κ3) is 3.17. The van der Waals surface area contributed by atoms with Crippen LogP contribution in [0.15, 0.2) is 29.2 Å². The second kappa shape index (κ2) is 5.90. The summed E-state index contributed by atoms with van der Waals surface area (Å²) in [5.41, 5.74) is 1.45. The van der Waals surface area contributed by atoms with Crippen LogP contribution in [0.25, 0.3) is 0 Å². The first-order valence-electron chi connectivity index (χ1n) is 6.15. The van der Waals surface area contributed by atoms with E-state index >= 15 is 0 Å². The molecule has 2 rings (SSSR count). The number of aliphatic hydroxyl groups excluding tert-OH is 1. The molecule has 0 aliphatic carbocycles. The van der Waals surface area contributed by atoms with Gasteiger partial charge in [0.05, 0.1) is 17.2 Å². The van der Waals surface area contributed by atoms with Crippen molar-refractivity contribution in [3.8, 4) is 0 Å². The second-order valence-corrected chi connectivity index (χ2v) is 7.17. The number of benzene rings is 1. The van der Waals surface area contributed by atoms with Crippen LogP contribution >= 0.6 is 11.3 Å². The summed E-state index contributed by atoms with van der Waals surface area (Å²) in [5, 5.41) is 9.43. The van der Waals surface area contributed by atoms with Crippen molar-refractivity contribution in [1.82, 2.24) is 4.98 Å². The van der Waals surface area contributed by atoms with Crippen molar-refractivity contribution in [3.05, 3.63) is 40.4 Å². The quantitative estimate of drug-likeness (QED) is 0.888. The highest BCUT2D eigenvalue weighted by atomic mass is 32.2. The van der Waals surface area contributed by atoms with Crippen molar-refractivity contribution in [2.24, 2.45) is 0 Å². The molecule has 0 spiro atoms. The topological polar surface area (TPSA) is 79.3 Å². The molecule has 2 aromatic rings. The molecule has 7 heteroatoms. The Labute approximate surface area is 122 Å². The van der Waals surface area contributed by atoms with E-state index in [-0.39, 0.29) is 11.5 Å². The number of rotatable bonds is 5. The molecule has 0 atom stereocenters. The van der Waals surface area contributed by atoms with Gasteiger partial charge in [0, 0.05) is 4.88 Å². The number of sulfonamides is 1. The molecule has 5 nitrogen and oxygen atoms in total. The molecule has 1 heterocycles. The average molecular weight is 312 g/mol. The Morgan fingerprint density at radius 2 is 2.15 bits per heavy atom. The third-order valence-electron chi connectivity index (χ3n) is 2.84. The van der Waals surface area contributed by atoms with E-state index in [1.165, 1.54) is 23.5 Å². The van der Waals surface area contributed by atoms with Gasteiger partial charge in [-0.25, -0.2) is 13.4 Å². The molecule has 0 fully saturated rings. The largest absolute Gasteiger partial charge is 0.392 e. The third-order valence-corrected chi connectivity index (χ3v) is 5.23. The van der Waals surface area contributed by atoms with Gasteiger partial charge in [0.1, 0.15) is 0 Å². The molecule has 1 aromatic heterocycles. The maximum Gasteiger partial charge on any atom is 0.263 e. The van der Waals surface area contributed by atoms with E-state index in [1.54, 1.807) is 12.1 Å². The van der Waals surface area contributed by atoms with Crippen molar-refractivity contribution < 1.29 is 13.5 Å². The minimum atomic E-state index is -3.67. The Hall–Kier alpha value is -1.44. The highest BCUT2D eigenvalue weighted by Crippen LogP contribution is 2.25. The molecule has 0 aliphatic rings. The number of nitrogens with one attached hydrogen (secondary N) is 1. The summed E-state index contributed by atoms with van der Waals surface area (Å²) in [6.45, 7) is 3.70. The molecule has 0 bridgehead atoms. The molecule has 0 amide bonds. The van der Waals surface area contributed by atoms with Crippen LogP contribution in [0.3, 0.4) is 0 Å². The fourth-order valence-corrected chi connectivity index (χ4v) is 3.99. The minimum Gasteiger partial charge on any atom is -0.392 e. The number of anilines is 1. The van der Waals surface area contributed by atoms with Crippen LogP contribution in [0.4, 0.5) is 5.13 Å². The monoisotopic (exact) mass is 312 g/mol. The molecule has 0 saturated carbocycles. The number of aliphatic hydroxyl groups is 1. The van der Waals surface area contributed by atoms with E-state index in [0.717, 1.165) is 17.0 Å². The Bertz CT molecular complexity index is 708. The van der Waals surface area contributed by atoms with Crippen LogP contribution in [0.5, 0.6) is 0 Å². The van der Waals surface area contributed by atoms with Crippen molar-refractivity contribution in [2.75, 3.05) is 4.72 Å². The van der Waals surface area contributed by atoms with E-state index < -0.39 is 10.0 Å². The van der Waals surface area contributed by atoms with Crippen LogP contribution in [0.1, 0.15) is 23.1 Å². The maximum atomic E-state index is 12.3. The summed E-state index contributed by atoms with van der Waals surface area (Å²) in [6.07, 6.45) is 0.768. The number of aromatic nitrogens is 1. The van der Waals surface area contributed by atoms with Crippen LogP contribution in [-0.2, 0) is 23.1 Å². The molecule has 0 radical (unpaired) electrons. The van der Waals surface area contributed by atoms with Crippen molar-refractivity contribution >= 4 is 26.5 Å². The van der Waals surface area contributed by atoms with Gasteiger partial charge in [0.15, 0.2) is 5.13 Å². The first kappa shape index (κ1) is 15.0. The zero-order chi connectivity index (χ0) is 14.8. The highest BCUT2D eigenvalue weighted by molar-refractivity contribution is 7.93. The number of nitrogens with zero attached hydrogens (tertiary/aromatic N) is 1. The average Bonchev–Trinajstić information content (AvgIpc) is 2.78. The molecule has 0 unspecified atom stereocenters. The standard InChI is InChI=1S/C13H16N2O3S2/c1-3-12-9(2)19-13(14-12)15-20(17,18)11-6-4-5-10(7-11)8-16/h4-7,16H,3,8H2,1-2H3,(H,14,15). The summed E-state index contributed by atoms with van der Waals surface area (Å²) >= 11 is 1.32. The highest BCUT2D eigenvalue weighted by Gasteiger charge is 2.17. The molecule has 2 N–H and O–H groups in total. The lowest BCUT2D eigenvalue weighted by Crippen LogP contribution is -2.13. The summed E-state index contributed by atoms with van der Waals surface area (Å²) in [7, 11) is -3.67. The Kier molecular flexibility index (Phi) is 4.42. The van der Waals surface area contributed by atoms with Crippen LogP contribution < -0.4 is 4.72 Å². The van der Waals surface area contributed by atoms with Crippen LogP contribution in [-0.4, -0.2) is 18.5 Å². The summed E-state index contributed by atoms with van der Waals surface area (Å²) in [4.78, 5) is 5.39. The van der Waals surface area contributed by atoms with Gasteiger partial charge in [-0.3, -0.25) is 4.72 Å². The summed E-state index contributed by atoms with van der Waals surface area (Å²) < 4.78 is 27.0. The van der Waals surface area contributed by atoms with E-state index in [1.807, 2.05) is 13.8 Å². The SMILES string of the molecule is CCc1nc(NS(=O)(=O)c2cccc(CO)c2)sc1C. The molecule has 108 valence electrons. The Morgan fingerprint density at radius 3 is 2.75 bits per heavy atom. The van der Waals surface area contributed by atoms with Crippen molar-refractivity contribution in [3.63, 3.8) is 0 Å². The van der Waals surface area contributed by atoms with Gasteiger partial charge in [0.2, 0.25) is 0 Å².